The maximum Gasteiger partial charge on any atom is 0.123 e. The van der Waals surface area contributed by atoms with Crippen molar-refractivity contribution in [1.82, 2.24) is 5.32 Å². The molecule has 0 fully saturated rings. The number of nitrogens with one attached hydrogen (secondary N) is 1. The highest BCUT2D eigenvalue weighted by Gasteiger charge is 2.11. The molecule has 0 aromatic heterocycles. The molecule has 1 unspecified atom stereocenters. The number of halogens is 1. The molecular formula is C14H20FN. The molecule has 0 heterocycles. The zero-order chi connectivity index (χ0) is 12.0. The number of hydrogen-bond acceptors (Lipinski definition) is 1. The van der Waals surface area contributed by atoms with E-state index in [2.05, 4.69) is 25.7 Å². The molecule has 1 aromatic carbocycles. The molecule has 1 rings (SSSR count). The van der Waals surface area contributed by atoms with Crippen LogP contribution in [0.5, 0.6) is 0 Å². The summed E-state index contributed by atoms with van der Waals surface area (Å²) >= 11 is 0. The van der Waals surface area contributed by atoms with E-state index in [-0.39, 0.29) is 11.9 Å². The monoisotopic (exact) mass is 221 g/mol. The van der Waals surface area contributed by atoms with Gasteiger partial charge in [-0.1, -0.05) is 38.1 Å². The Labute approximate surface area is 97.4 Å². The van der Waals surface area contributed by atoms with Gasteiger partial charge in [0.1, 0.15) is 5.82 Å². The van der Waals surface area contributed by atoms with E-state index in [1.807, 2.05) is 6.07 Å². The van der Waals surface area contributed by atoms with Crippen LogP contribution in [-0.2, 0) is 0 Å². The molecule has 88 valence electrons. The van der Waals surface area contributed by atoms with E-state index < -0.39 is 0 Å². The number of rotatable bonds is 6. The second-order valence-corrected chi connectivity index (χ2v) is 3.97. The van der Waals surface area contributed by atoms with Gasteiger partial charge in [0.25, 0.3) is 0 Å². The molecule has 0 saturated carbocycles. The van der Waals surface area contributed by atoms with Crippen molar-refractivity contribution in [1.29, 1.82) is 0 Å². The molecule has 16 heavy (non-hydrogen) atoms. The summed E-state index contributed by atoms with van der Waals surface area (Å²) in [5, 5.41) is 3.36. The fraction of sp³-hybridized carbons (Fsp3) is 0.429. The van der Waals surface area contributed by atoms with Gasteiger partial charge >= 0.3 is 0 Å². The van der Waals surface area contributed by atoms with Crippen LogP contribution in [0.25, 0.3) is 0 Å². The second-order valence-electron chi connectivity index (χ2n) is 3.97. The van der Waals surface area contributed by atoms with Gasteiger partial charge in [-0.15, -0.1) is 0 Å². The first-order valence-corrected chi connectivity index (χ1v) is 5.82. The molecule has 0 amide bonds. The Balaban J connectivity index is 2.80. The van der Waals surface area contributed by atoms with E-state index in [1.165, 1.54) is 11.6 Å². The van der Waals surface area contributed by atoms with Crippen LogP contribution < -0.4 is 5.32 Å². The highest BCUT2D eigenvalue weighted by molar-refractivity contribution is 5.21. The molecule has 0 bridgehead atoms. The minimum atomic E-state index is -0.178. The summed E-state index contributed by atoms with van der Waals surface area (Å²) < 4.78 is 13.1. The summed E-state index contributed by atoms with van der Waals surface area (Å²) in [6, 6.07) is 6.95. The predicted molar refractivity (Wildman–Crippen MR) is 66.9 cm³/mol. The first kappa shape index (κ1) is 12.9. The fourth-order valence-corrected chi connectivity index (χ4v) is 1.71. The van der Waals surface area contributed by atoms with Gasteiger partial charge in [-0.25, -0.2) is 4.39 Å². The first-order valence-electron chi connectivity index (χ1n) is 5.82. The lowest BCUT2D eigenvalue weighted by atomic mass is 9.98. The van der Waals surface area contributed by atoms with Gasteiger partial charge < -0.3 is 5.32 Å². The molecular weight excluding hydrogens is 201 g/mol. The third-order valence-corrected chi connectivity index (χ3v) is 2.69. The molecule has 0 radical (unpaired) electrons. The van der Waals surface area contributed by atoms with Crippen LogP contribution in [0.2, 0.25) is 0 Å². The first-order chi connectivity index (χ1) is 7.67. The van der Waals surface area contributed by atoms with E-state index in [4.69, 9.17) is 0 Å². The number of hydrogen-bond donors (Lipinski definition) is 1. The average Bonchev–Trinajstić information content (AvgIpc) is 2.28. The zero-order valence-electron chi connectivity index (χ0n) is 10.1. The van der Waals surface area contributed by atoms with Crippen LogP contribution in [-0.4, -0.2) is 6.54 Å². The Morgan fingerprint density at radius 2 is 2.19 bits per heavy atom. The van der Waals surface area contributed by atoms with Crippen LogP contribution in [0.3, 0.4) is 0 Å². The Morgan fingerprint density at radius 3 is 2.75 bits per heavy atom. The normalized spacial score (nSPS) is 12.4. The van der Waals surface area contributed by atoms with Gasteiger partial charge in [0.15, 0.2) is 0 Å². The summed E-state index contributed by atoms with van der Waals surface area (Å²) in [5.41, 5.74) is 2.19. The zero-order valence-corrected chi connectivity index (χ0v) is 10.1. The highest BCUT2D eigenvalue weighted by atomic mass is 19.1. The van der Waals surface area contributed by atoms with Gasteiger partial charge in [0, 0.05) is 6.04 Å². The summed E-state index contributed by atoms with van der Waals surface area (Å²) in [4.78, 5) is 0. The topological polar surface area (TPSA) is 12.0 Å². The Hall–Kier alpha value is -1.15. The third kappa shape index (κ3) is 3.78. The Kier molecular flexibility index (Phi) is 5.20. The van der Waals surface area contributed by atoms with Crippen LogP contribution in [0.15, 0.2) is 36.4 Å². The average molecular weight is 221 g/mol. The molecule has 1 nitrogen and oxygen atoms in total. The fourth-order valence-electron chi connectivity index (χ4n) is 1.71. The lowest BCUT2D eigenvalue weighted by Gasteiger charge is -2.19. The smallest absolute Gasteiger partial charge is 0.123 e. The van der Waals surface area contributed by atoms with E-state index in [1.54, 1.807) is 12.1 Å². The third-order valence-electron chi connectivity index (χ3n) is 2.69. The van der Waals surface area contributed by atoms with Crippen molar-refractivity contribution in [2.45, 2.75) is 32.7 Å². The Bertz CT molecular complexity index is 346. The largest absolute Gasteiger partial charge is 0.310 e. The van der Waals surface area contributed by atoms with Crippen LogP contribution in [0, 0.1) is 5.82 Å². The van der Waals surface area contributed by atoms with Crippen molar-refractivity contribution < 1.29 is 4.39 Å². The van der Waals surface area contributed by atoms with Gasteiger partial charge in [0.2, 0.25) is 0 Å². The summed E-state index contributed by atoms with van der Waals surface area (Å²) in [5.74, 6) is -0.178. The summed E-state index contributed by atoms with van der Waals surface area (Å²) in [6.45, 7) is 9.03. The van der Waals surface area contributed by atoms with Crippen molar-refractivity contribution >= 4 is 0 Å². The molecule has 0 spiro atoms. The molecule has 0 aliphatic rings. The standard InChI is InChI=1S/C14H20FN/c1-4-11(3)9-14(16-5-2)12-7-6-8-13(15)10-12/h6-8,10,14,16H,3-5,9H2,1-2H3. The van der Waals surface area contributed by atoms with Crippen molar-refractivity contribution in [3.05, 3.63) is 47.8 Å². The summed E-state index contributed by atoms with van der Waals surface area (Å²) in [7, 11) is 0. The highest BCUT2D eigenvalue weighted by Crippen LogP contribution is 2.22. The maximum atomic E-state index is 13.1. The molecule has 0 aliphatic heterocycles. The second kappa shape index (κ2) is 6.44. The predicted octanol–water partition coefficient (Wildman–Crippen LogP) is 3.83. The van der Waals surface area contributed by atoms with Gasteiger partial charge in [0.05, 0.1) is 0 Å². The van der Waals surface area contributed by atoms with Crippen molar-refractivity contribution in [2.24, 2.45) is 0 Å². The molecule has 1 aromatic rings. The van der Waals surface area contributed by atoms with Crippen LogP contribution in [0.1, 0.15) is 38.3 Å². The van der Waals surface area contributed by atoms with Crippen molar-refractivity contribution in [3.63, 3.8) is 0 Å². The quantitative estimate of drug-likeness (QED) is 0.720. The van der Waals surface area contributed by atoms with Gasteiger partial charge in [-0.3, -0.25) is 0 Å². The summed E-state index contributed by atoms with van der Waals surface area (Å²) in [6.07, 6.45) is 1.84. The maximum absolute atomic E-state index is 13.1. The van der Waals surface area contributed by atoms with E-state index >= 15 is 0 Å². The van der Waals surface area contributed by atoms with Crippen molar-refractivity contribution in [2.75, 3.05) is 6.54 Å². The SMILES string of the molecule is C=C(CC)CC(NCC)c1cccc(F)c1. The lowest BCUT2D eigenvalue weighted by molar-refractivity contribution is 0.536. The van der Waals surface area contributed by atoms with Gasteiger partial charge in [-0.2, -0.15) is 0 Å². The van der Waals surface area contributed by atoms with E-state index in [9.17, 15) is 4.39 Å². The molecule has 1 atom stereocenters. The molecule has 0 saturated heterocycles. The number of benzene rings is 1. The lowest BCUT2D eigenvalue weighted by Crippen LogP contribution is -2.21. The minimum Gasteiger partial charge on any atom is -0.310 e. The van der Waals surface area contributed by atoms with E-state index in [0.717, 1.165) is 24.9 Å². The molecule has 1 N–H and O–H groups in total. The van der Waals surface area contributed by atoms with E-state index in [0.29, 0.717) is 0 Å². The molecule has 2 heteroatoms. The van der Waals surface area contributed by atoms with Gasteiger partial charge in [-0.05, 0) is 37.1 Å². The van der Waals surface area contributed by atoms with Crippen LogP contribution in [0.4, 0.5) is 4.39 Å². The molecule has 0 aliphatic carbocycles. The van der Waals surface area contributed by atoms with Crippen LogP contribution >= 0.6 is 0 Å². The minimum absolute atomic E-state index is 0.174. The Morgan fingerprint density at radius 1 is 1.44 bits per heavy atom. The van der Waals surface area contributed by atoms with Crippen molar-refractivity contribution in [3.8, 4) is 0 Å².